The number of hydrogen-bond donors (Lipinski definition) is 0. The molecule has 0 bridgehead atoms. The zero-order chi connectivity index (χ0) is 21.8. The van der Waals surface area contributed by atoms with Gasteiger partial charge in [0, 0.05) is 12.6 Å². The third-order valence-electron chi connectivity index (χ3n) is 5.55. The first-order valence-corrected chi connectivity index (χ1v) is 10.6. The van der Waals surface area contributed by atoms with Crippen LogP contribution in [-0.4, -0.2) is 11.9 Å². The lowest BCUT2D eigenvalue weighted by Crippen LogP contribution is -2.18. The molecule has 1 heterocycles. The van der Waals surface area contributed by atoms with E-state index in [1.807, 2.05) is 36.4 Å². The van der Waals surface area contributed by atoms with Gasteiger partial charge in [0.2, 0.25) is 0 Å². The quantitative estimate of drug-likeness (QED) is 0.322. The molecule has 0 saturated carbocycles. The van der Waals surface area contributed by atoms with Gasteiger partial charge in [0.25, 0.3) is 0 Å². The number of benzene rings is 4. The van der Waals surface area contributed by atoms with E-state index >= 15 is 0 Å². The SMILES string of the molecule is Fc1ccc(N=Cc2ccc(N3N=C(c4ccccc4)C[C@@H]3c3ccccc3)cc2)cc1. The normalized spacial score (nSPS) is 15.8. The van der Waals surface area contributed by atoms with E-state index in [1.165, 1.54) is 17.7 Å². The highest BCUT2D eigenvalue weighted by Crippen LogP contribution is 2.36. The minimum atomic E-state index is -0.262. The van der Waals surface area contributed by atoms with Crippen molar-refractivity contribution in [3.63, 3.8) is 0 Å². The Morgan fingerprint density at radius 2 is 1.44 bits per heavy atom. The fourth-order valence-corrected chi connectivity index (χ4v) is 3.88. The molecule has 0 radical (unpaired) electrons. The average molecular weight is 420 g/mol. The predicted octanol–water partition coefficient (Wildman–Crippen LogP) is 6.93. The van der Waals surface area contributed by atoms with Crippen molar-refractivity contribution in [1.82, 2.24) is 0 Å². The molecule has 4 heteroatoms. The number of aliphatic imine (C=N–C) groups is 1. The number of rotatable bonds is 5. The Labute approximate surface area is 187 Å². The lowest BCUT2D eigenvalue weighted by atomic mass is 9.98. The summed E-state index contributed by atoms with van der Waals surface area (Å²) in [6.45, 7) is 0. The minimum Gasteiger partial charge on any atom is -0.257 e. The van der Waals surface area contributed by atoms with Gasteiger partial charge in [-0.1, -0.05) is 72.8 Å². The van der Waals surface area contributed by atoms with E-state index in [4.69, 9.17) is 5.10 Å². The number of hydrazone groups is 1. The molecule has 0 spiro atoms. The van der Waals surface area contributed by atoms with Crippen molar-refractivity contribution in [2.24, 2.45) is 10.1 Å². The zero-order valence-electron chi connectivity index (χ0n) is 17.5. The summed E-state index contributed by atoms with van der Waals surface area (Å²) in [5.41, 5.74) is 6.20. The van der Waals surface area contributed by atoms with Crippen LogP contribution in [0.15, 0.2) is 119 Å². The van der Waals surface area contributed by atoms with Crippen molar-refractivity contribution in [1.29, 1.82) is 0 Å². The Balaban J connectivity index is 1.42. The van der Waals surface area contributed by atoms with Crippen molar-refractivity contribution < 1.29 is 4.39 Å². The molecule has 0 aromatic heterocycles. The van der Waals surface area contributed by atoms with Crippen molar-refractivity contribution in [3.8, 4) is 0 Å². The molecule has 0 unspecified atom stereocenters. The first-order valence-electron chi connectivity index (χ1n) is 10.6. The molecule has 4 aromatic carbocycles. The number of hydrogen-bond acceptors (Lipinski definition) is 3. The monoisotopic (exact) mass is 419 g/mol. The highest BCUT2D eigenvalue weighted by molar-refractivity contribution is 6.03. The highest BCUT2D eigenvalue weighted by atomic mass is 19.1. The van der Waals surface area contributed by atoms with Gasteiger partial charge in [-0.05, 0) is 53.1 Å². The predicted molar refractivity (Wildman–Crippen MR) is 129 cm³/mol. The van der Waals surface area contributed by atoms with E-state index in [2.05, 4.69) is 58.5 Å². The molecule has 1 aliphatic heterocycles. The van der Waals surface area contributed by atoms with Gasteiger partial charge in [0.1, 0.15) is 5.82 Å². The second-order valence-corrected chi connectivity index (χ2v) is 7.71. The Hall–Kier alpha value is -4.05. The van der Waals surface area contributed by atoms with Crippen LogP contribution in [0.2, 0.25) is 0 Å². The standard InChI is InChI=1S/C28H22FN3/c29-24-13-15-25(16-14-24)30-20-21-11-17-26(18-12-21)32-28(23-9-5-2-6-10-23)19-27(31-32)22-7-3-1-4-8-22/h1-18,20,28H,19H2/t28-/m1/s1. The summed E-state index contributed by atoms with van der Waals surface area (Å²) in [5, 5.41) is 7.11. The second-order valence-electron chi connectivity index (χ2n) is 7.71. The number of nitrogens with zero attached hydrogens (tertiary/aromatic N) is 3. The van der Waals surface area contributed by atoms with E-state index in [0.717, 1.165) is 34.6 Å². The first kappa shape index (κ1) is 19.9. The molecule has 32 heavy (non-hydrogen) atoms. The van der Waals surface area contributed by atoms with E-state index in [0.29, 0.717) is 0 Å². The summed E-state index contributed by atoms with van der Waals surface area (Å²) in [6.07, 6.45) is 2.64. The van der Waals surface area contributed by atoms with Gasteiger partial charge >= 0.3 is 0 Å². The molecule has 0 fully saturated rings. The van der Waals surface area contributed by atoms with Gasteiger partial charge in [-0.15, -0.1) is 0 Å². The van der Waals surface area contributed by atoms with Crippen molar-refractivity contribution >= 4 is 23.3 Å². The molecule has 1 atom stereocenters. The zero-order valence-corrected chi connectivity index (χ0v) is 17.5. The van der Waals surface area contributed by atoms with E-state index in [-0.39, 0.29) is 11.9 Å². The molecule has 5 rings (SSSR count). The molecule has 1 aliphatic rings. The van der Waals surface area contributed by atoms with Gasteiger partial charge < -0.3 is 0 Å². The highest BCUT2D eigenvalue weighted by Gasteiger charge is 2.29. The molecule has 4 aromatic rings. The summed E-state index contributed by atoms with van der Waals surface area (Å²) in [6, 6.07) is 35.3. The molecule has 156 valence electrons. The number of halogens is 1. The van der Waals surface area contributed by atoms with Crippen molar-refractivity contribution in [2.45, 2.75) is 12.5 Å². The van der Waals surface area contributed by atoms with Crippen LogP contribution in [0.4, 0.5) is 15.8 Å². The topological polar surface area (TPSA) is 28.0 Å². The Morgan fingerprint density at radius 3 is 2.12 bits per heavy atom. The van der Waals surface area contributed by atoms with Crippen LogP contribution in [0.3, 0.4) is 0 Å². The van der Waals surface area contributed by atoms with Crippen molar-refractivity contribution in [2.75, 3.05) is 5.01 Å². The van der Waals surface area contributed by atoms with Crippen LogP contribution in [0.1, 0.15) is 29.2 Å². The lowest BCUT2D eigenvalue weighted by Gasteiger charge is -2.24. The largest absolute Gasteiger partial charge is 0.257 e. The van der Waals surface area contributed by atoms with Gasteiger partial charge in [-0.25, -0.2) is 4.39 Å². The van der Waals surface area contributed by atoms with Crippen LogP contribution in [-0.2, 0) is 0 Å². The molecule has 0 N–H and O–H groups in total. The third-order valence-corrected chi connectivity index (χ3v) is 5.55. The first-order chi connectivity index (χ1) is 15.8. The number of anilines is 1. The third kappa shape index (κ3) is 4.35. The molecule has 0 saturated heterocycles. The summed E-state index contributed by atoms with van der Waals surface area (Å²) in [4.78, 5) is 4.43. The molecule has 3 nitrogen and oxygen atoms in total. The fourth-order valence-electron chi connectivity index (χ4n) is 3.88. The lowest BCUT2D eigenvalue weighted by molar-refractivity contribution is 0.628. The van der Waals surface area contributed by atoms with E-state index in [1.54, 1.807) is 18.3 Å². The van der Waals surface area contributed by atoms with Crippen LogP contribution >= 0.6 is 0 Å². The van der Waals surface area contributed by atoms with Gasteiger partial charge in [0.15, 0.2) is 0 Å². The fraction of sp³-hybridized carbons (Fsp3) is 0.0714. The maximum atomic E-state index is 13.1. The average Bonchev–Trinajstić information content (AvgIpc) is 3.31. The smallest absolute Gasteiger partial charge is 0.123 e. The van der Waals surface area contributed by atoms with E-state index in [9.17, 15) is 4.39 Å². The van der Waals surface area contributed by atoms with Crippen LogP contribution in [0.25, 0.3) is 0 Å². The molecule has 0 aliphatic carbocycles. The summed E-state index contributed by atoms with van der Waals surface area (Å²) in [5.74, 6) is -0.262. The molecular weight excluding hydrogens is 397 g/mol. The second kappa shape index (κ2) is 8.98. The summed E-state index contributed by atoms with van der Waals surface area (Å²) in [7, 11) is 0. The summed E-state index contributed by atoms with van der Waals surface area (Å²) < 4.78 is 13.1. The van der Waals surface area contributed by atoms with Gasteiger partial charge in [0.05, 0.1) is 23.1 Å². The Morgan fingerprint density at radius 1 is 0.781 bits per heavy atom. The minimum absolute atomic E-state index is 0.144. The van der Waals surface area contributed by atoms with E-state index < -0.39 is 0 Å². The van der Waals surface area contributed by atoms with Crippen LogP contribution in [0.5, 0.6) is 0 Å². The summed E-state index contributed by atoms with van der Waals surface area (Å²) >= 11 is 0. The van der Waals surface area contributed by atoms with Crippen LogP contribution < -0.4 is 5.01 Å². The maximum Gasteiger partial charge on any atom is 0.123 e. The van der Waals surface area contributed by atoms with Gasteiger partial charge in [-0.2, -0.15) is 5.10 Å². The maximum absolute atomic E-state index is 13.1. The van der Waals surface area contributed by atoms with Gasteiger partial charge in [-0.3, -0.25) is 10.0 Å². The molecular formula is C28H22FN3. The Kier molecular flexibility index (Phi) is 5.58. The van der Waals surface area contributed by atoms with Crippen molar-refractivity contribution in [3.05, 3.63) is 132 Å². The molecule has 0 amide bonds. The Bertz CT molecular complexity index is 1230. The van der Waals surface area contributed by atoms with Crippen LogP contribution in [0, 0.1) is 5.82 Å².